The normalized spacial score (nSPS) is 12.2. The fourth-order valence-corrected chi connectivity index (χ4v) is 11.1. The van der Waals surface area contributed by atoms with Gasteiger partial charge in [0.2, 0.25) is 0 Å². The highest BCUT2D eigenvalue weighted by atomic mass is 16.3. The fourth-order valence-electron chi connectivity index (χ4n) is 11.1. The summed E-state index contributed by atoms with van der Waals surface area (Å²) in [5.41, 5.74) is 15.3. The van der Waals surface area contributed by atoms with Crippen molar-refractivity contribution in [3.63, 3.8) is 0 Å². The lowest BCUT2D eigenvalue weighted by Gasteiger charge is -2.29. The average molecular weight is 885 g/mol. The highest BCUT2D eigenvalue weighted by molar-refractivity contribution is 6.29. The summed E-state index contributed by atoms with van der Waals surface area (Å²) in [5, 5.41) is 11.8. The molecule has 0 N–H and O–H groups in total. The minimum absolute atomic E-state index is 0.327. The van der Waals surface area contributed by atoms with Crippen LogP contribution in [0.3, 0.4) is 0 Å². The third-order valence-electron chi connectivity index (χ3n) is 14.4. The number of para-hydroxylation sites is 4. The number of rotatable bonds is 12. The van der Waals surface area contributed by atoms with Gasteiger partial charge in [-0.25, -0.2) is 0 Å². The van der Waals surface area contributed by atoms with E-state index in [4.69, 9.17) is 8.83 Å². The SMILES string of the molecule is CCCc1ccc(N(c2ccc3ccc4c(N(c5ccc(CCC)cc5)c5cccc6c5oc5c(C(C)C)cccc56)ccc5ccc2c3c54)c2cccc3c2oc2c(C(C)C)cccc23)cc1. The van der Waals surface area contributed by atoms with Crippen LogP contribution in [0.25, 0.3) is 76.2 Å². The van der Waals surface area contributed by atoms with Crippen LogP contribution in [-0.4, -0.2) is 0 Å². The fraction of sp³-hybridized carbons (Fsp3) is 0.188. The summed E-state index contributed by atoms with van der Waals surface area (Å²) in [6.45, 7) is 13.5. The van der Waals surface area contributed by atoms with Crippen molar-refractivity contribution in [2.45, 2.75) is 79.1 Å². The Morgan fingerprint density at radius 2 is 0.721 bits per heavy atom. The largest absolute Gasteiger partial charge is 0.454 e. The van der Waals surface area contributed by atoms with E-state index in [2.05, 4.69) is 221 Å². The van der Waals surface area contributed by atoms with E-state index in [9.17, 15) is 0 Å². The molecule has 0 amide bonds. The summed E-state index contributed by atoms with van der Waals surface area (Å²) < 4.78 is 14.1. The molecule has 0 aliphatic carbocycles. The molecule has 12 rings (SSSR count). The molecule has 334 valence electrons. The second kappa shape index (κ2) is 16.6. The number of benzene rings is 10. The van der Waals surface area contributed by atoms with E-state index in [-0.39, 0.29) is 0 Å². The van der Waals surface area contributed by atoms with Crippen molar-refractivity contribution in [3.8, 4) is 0 Å². The maximum atomic E-state index is 7.05. The lowest BCUT2D eigenvalue weighted by molar-refractivity contribution is 0.657. The van der Waals surface area contributed by atoms with Gasteiger partial charge in [-0.05, 0) is 117 Å². The van der Waals surface area contributed by atoms with Crippen molar-refractivity contribution in [1.82, 2.24) is 0 Å². The molecule has 0 spiro atoms. The molecule has 4 nitrogen and oxygen atoms in total. The van der Waals surface area contributed by atoms with Gasteiger partial charge in [-0.1, -0.05) is 176 Å². The quantitative estimate of drug-likeness (QED) is 0.114. The van der Waals surface area contributed by atoms with Gasteiger partial charge in [0.25, 0.3) is 0 Å². The Morgan fingerprint density at radius 3 is 1.10 bits per heavy atom. The lowest BCUT2D eigenvalue weighted by Crippen LogP contribution is -2.12. The summed E-state index contributed by atoms with van der Waals surface area (Å²) in [5.74, 6) is 0.654. The van der Waals surface area contributed by atoms with E-state index in [1.165, 1.54) is 54.6 Å². The van der Waals surface area contributed by atoms with Gasteiger partial charge in [-0.3, -0.25) is 0 Å². The number of hydrogen-bond acceptors (Lipinski definition) is 4. The van der Waals surface area contributed by atoms with Crippen molar-refractivity contribution < 1.29 is 8.83 Å². The minimum Gasteiger partial charge on any atom is -0.454 e. The van der Waals surface area contributed by atoms with Crippen LogP contribution in [0, 0.1) is 0 Å². The number of hydrogen-bond donors (Lipinski definition) is 0. The van der Waals surface area contributed by atoms with Crippen LogP contribution in [0.2, 0.25) is 0 Å². The van der Waals surface area contributed by atoms with Gasteiger partial charge in [0.1, 0.15) is 11.2 Å². The molecule has 0 saturated heterocycles. The molecular formula is C64H56N2O2. The standard InChI is InChI=1S/C64H56N2O2/c1-7-13-41-23-31-45(32-24-41)65(57-21-11-19-51-49-17-9-15-47(39(3)4)61(49)67-63(51)57)55-37-29-43-28-36-54-56(38-30-44-27-35-53(55)59(43)60(44)54)66(46-33-25-42(14-8-2)26-34-46)58-22-12-20-52-50-18-10-16-48(40(5)6)62(50)68-64(52)58/h9-12,15-40H,7-8,13-14H2,1-6H3. The van der Waals surface area contributed by atoms with Crippen molar-refractivity contribution in [1.29, 1.82) is 0 Å². The first-order valence-electron chi connectivity index (χ1n) is 24.7. The van der Waals surface area contributed by atoms with Crippen LogP contribution < -0.4 is 9.80 Å². The van der Waals surface area contributed by atoms with Gasteiger partial charge in [0, 0.05) is 43.7 Å². The van der Waals surface area contributed by atoms with E-state index in [1.807, 2.05) is 0 Å². The monoisotopic (exact) mass is 884 g/mol. The highest BCUT2D eigenvalue weighted by Gasteiger charge is 2.26. The second-order valence-corrected chi connectivity index (χ2v) is 19.4. The Kier molecular flexibility index (Phi) is 10.2. The van der Waals surface area contributed by atoms with Gasteiger partial charge in [-0.2, -0.15) is 0 Å². The Morgan fingerprint density at radius 1 is 0.353 bits per heavy atom. The second-order valence-electron chi connectivity index (χ2n) is 19.4. The molecule has 68 heavy (non-hydrogen) atoms. The molecular weight excluding hydrogens is 829 g/mol. The van der Waals surface area contributed by atoms with Crippen LogP contribution in [0.4, 0.5) is 34.1 Å². The van der Waals surface area contributed by atoms with E-state index in [0.717, 1.165) is 104 Å². The molecule has 0 bridgehead atoms. The maximum absolute atomic E-state index is 7.05. The third-order valence-corrected chi connectivity index (χ3v) is 14.4. The third kappa shape index (κ3) is 6.64. The average Bonchev–Trinajstić information content (AvgIpc) is 3.95. The molecule has 2 heterocycles. The van der Waals surface area contributed by atoms with Crippen LogP contribution in [-0.2, 0) is 12.8 Å². The van der Waals surface area contributed by atoms with Crippen molar-refractivity contribution in [2.75, 3.05) is 9.80 Å². The lowest BCUT2D eigenvalue weighted by atomic mass is 9.91. The molecule has 2 aromatic heterocycles. The Hall–Kier alpha value is -7.56. The first kappa shape index (κ1) is 41.8. The summed E-state index contributed by atoms with van der Waals surface area (Å²) in [6.07, 6.45) is 4.29. The molecule has 0 aliphatic rings. The summed E-state index contributed by atoms with van der Waals surface area (Å²) in [4.78, 5) is 4.86. The molecule has 12 aromatic rings. The van der Waals surface area contributed by atoms with E-state index in [0.29, 0.717) is 11.8 Å². The predicted octanol–water partition coefficient (Wildman–Crippen LogP) is 19.5. The molecule has 0 aliphatic heterocycles. The van der Waals surface area contributed by atoms with Gasteiger partial charge >= 0.3 is 0 Å². The van der Waals surface area contributed by atoms with Crippen LogP contribution in [0.1, 0.15) is 88.5 Å². The zero-order valence-corrected chi connectivity index (χ0v) is 39.9. The Balaban J connectivity index is 1.11. The van der Waals surface area contributed by atoms with Gasteiger partial charge in [-0.15, -0.1) is 0 Å². The van der Waals surface area contributed by atoms with Gasteiger partial charge < -0.3 is 18.6 Å². The van der Waals surface area contributed by atoms with Crippen molar-refractivity contribution in [2.24, 2.45) is 0 Å². The summed E-state index contributed by atoms with van der Waals surface area (Å²) in [6, 6.07) is 63.2. The number of anilines is 6. The number of nitrogens with zero attached hydrogens (tertiary/aromatic N) is 2. The van der Waals surface area contributed by atoms with E-state index in [1.54, 1.807) is 0 Å². The molecule has 0 saturated carbocycles. The van der Waals surface area contributed by atoms with E-state index >= 15 is 0 Å². The topological polar surface area (TPSA) is 32.8 Å². The number of aryl methyl sites for hydroxylation is 2. The molecule has 4 heteroatoms. The molecule has 0 radical (unpaired) electrons. The van der Waals surface area contributed by atoms with Gasteiger partial charge in [0.05, 0.1) is 22.7 Å². The Labute approximate surface area is 398 Å². The zero-order valence-electron chi connectivity index (χ0n) is 39.9. The zero-order chi connectivity index (χ0) is 46.2. The van der Waals surface area contributed by atoms with Crippen LogP contribution >= 0.6 is 0 Å². The summed E-state index contributed by atoms with van der Waals surface area (Å²) in [7, 11) is 0. The molecule has 10 aromatic carbocycles. The van der Waals surface area contributed by atoms with Crippen molar-refractivity contribution >= 4 is 110 Å². The van der Waals surface area contributed by atoms with Gasteiger partial charge in [0.15, 0.2) is 11.2 Å². The number of fused-ring (bicyclic) bond motifs is 6. The highest BCUT2D eigenvalue weighted by Crippen LogP contribution is 2.51. The molecule has 0 atom stereocenters. The predicted molar refractivity (Wildman–Crippen MR) is 290 cm³/mol. The van der Waals surface area contributed by atoms with Crippen LogP contribution in [0.5, 0.6) is 0 Å². The van der Waals surface area contributed by atoms with Crippen LogP contribution in [0.15, 0.2) is 179 Å². The summed E-state index contributed by atoms with van der Waals surface area (Å²) >= 11 is 0. The molecule has 0 unspecified atom stereocenters. The first-order chi connectivity index (χ1) is 33.3. The van der Waals surface area contributed by atoms with E-state index < -0.39 is 0 Å². The molecule has 0 fully saturated rings. The van der Waals surface area contributed by atoms with Crippen molar-refractivity contribution in [3.05, 3.63) is 192 Å². The first-order valence-corrected chi connectivity index (χ1v) is 24.7. The number of furan rings is 2. The Bertz CT molecular complexity index is 3580. The minimum atomic E-state index is 0.327. The maximum Gasteiger partial charge on any atom is 0.159 e. The smallest absolute Gasteiger partial charge is 0.159 e.